The molecule has 0 bridgehead atoms. The number of nitrogens with two attached hydrogens (primary N) is 1. The Kier molecular flexibility index (Phi) is 5.00. The maximum Gasteiger partial charge on any atom is 0.306 e. The summed E-state index contributed by atoms with van der Waals surface area (Å²) in [4.78, 5) is 21.6. The van der Waals surface area contributed by atoms with E-state index in [2.05, 4.69) is 0 Å². The summed E-state index contributed by atoms with van der Waals surface area (Å²) in [6.45, 7) is 0.182. The topological polar surface area (TPSA) is 78.6 Å². The fourth-order valence-electron chi connectivity index (χ4n) is 1.18. The molecule has 0 saturated carbocycles. The molecule has 5 heteroatoms. The number of carbonyl (C=O) groups excluding carboxylic acids is 2. The number of hydrogen-bond donors (Lipinski definition) is 1. The quantitative estimate of drug-likeness (QED) is 0.749. The molecule has 0 heterocycles. The van der Waals surface area contributed by atoms with Crippen LogP contribution in [0.5, 0.6) is 5.75 Å². The number of esters is 1. The minimum atomic E-state index is -0.508. The van der Waals surface area contributed by atoms with E-state index in [1.54, 1.807) is 31.4 Å². The lowest BCUT2D eigenvalue weighted by molar-refractivity contribution is -0.146. The third kappa shape index (κ3) is 5.01. The lowest BCUT2D eigenvalue weighted by Gasteiger charge is -2.05. The molecule has 0 fully saturated rings. The Bertz CT molecular complexity index is 386. The smallest absolute Gasteiger partial charge is 0.306 e. The van der Waals surface area contributed by atoms with Crippen LogP contribution in [-0.2, 0) is 20.9 Å². The van der Waals surface area contributed by atoms with Gasteiger partial charge in [0.2, 0.25) is 5.91 Å². The second kappa shape index (κ2) is 6.52. The molecule has 1 amide bonds. The van der Waals surface area contributed by atoms with Gasteiger partial charge in [0.05, 0.1) is 13.5 Å². The molecule has 0 spiro atoms. The molecule has 0 aromatic heterocycles. The third-order valence-electron chi connectivity index (χ3n) is 2.13. The second-order valence-electron chi connectivity index (χ2n) is 3.48. The monoisotopic (exact) mass is 237 g/mol. The van der Waals surface area contributed by atoms with E-state index in [4.69, 9.17) is 15.2 Å². The Morgan fingerprint density at radius 3 is 2.35 bits per heavy atom. The van der Waals surface area contributed by atoms with Gasteiger partial charge in [0, 0.05) is 6.42 Å². The van der Waals surface area contributed by atoms with Crippen molar-refractivity contribution in [2.75, 3.05) is 7.11 Å². The van der Waals surface area contributed by atoms with Gasteiger partial charge in [-0.3, -0.25) is 9.59 Å². The third-order valence-corrected chi connectivity index (χ3v) is 2.13. The lowest BCUT2D eigenvalue weighted by atomic mass is 10.2. The van der Waals surface area contributed by atoms with Gasteiger partial charge >= 0.3 is 5.97 Å². The van der Waals surface area contributed by atoms with E-state index in [-0.39, 0.29) is 19.4 Å². The molecule has 0 aliphatic carbocycles. The van der Waals surface area contributed by atoms with E-state index in [1.807, 2.05) is 0 Å². The number of carbonyl (C=O) groups is 2. The zero-order chi connectivity index (χ0) is 12.7. The van der Waals surface area contributed by atoms with Crippen molar-refractivity contribution in [3.63, 3.8) is 0 Å². The van der Waals surface area contributed by atoms with Gasteiger partial charge in [-0.2, -0.15) is 0 Å². The molecule has 0 radical (unpaired) electrons. The number of methoxy groups -OCH3 is 1. The van der Waals surface area contributed by atoms with E-state index in [1.165, 1.54) is 0 Å². The van der Waals surface area contributed by atoms with Crippen LogP contribution >= 0.6 is 0 Å². The summed E-state index contributed by atoms with van der Waals surface area (Å²) >= 11 is 0. The summed E-state index contributed by atoms with van der Waals surface area (Å²) in [6.07, 6.45) is 0.0347. The van der Waals surface area contributed by atoms with Crippen LogP contribution in [-0.4, -0.2) is 19.0 Å². The minimum Gasteiger partial charge on any atom is -0.497 e. The minimum absolute atomic E-state index is 0.0153. The molecule has 0 aliphatic rings. The molecule has 0 atom stereocenters. The molecular formula is C12H15NO4. The van der Waals surface area contributed by atoms with Gasteiger partial charge in [-0.25, -0.2) is 0 Å². The highest BCUT2D eigenvalue weighted by molar-refractivity contribution is 5.79. The predicted octanol–water partition coefficient (Wildman–Crippen LogP) is 1.00. The van der Waals surface area contributed by atoms with Crippen molar-refractivity contribution in [1.29, 1.82) is 0 Å². The van der Waals surface area contributed by atoms with E-state index in [9.17, 15) is 9.59 Å². The first-order valence-corrected chi connectivity index (χ1v) is 5.18. The zero-order valence-electron chi connectivity index (χ0n) is 9.64. The standard InChI is InChI=1S/C12H15NO4/c1-16-10-4-2-9(3-5-10)8-17-12(15)7-6-11(13)14/h2-5H,6-8H2,1H3,(H2,13,14). The number of amides is 1. The normalized spacial score (nSPS) is 9.71. The van der Waals surface area contributed by atoms with Crippen LogP contribution < -0.4 is 10.5 Å². The molecule has 5 nitrogen and oxygen atoms in total. The highest BCUT2D eigenvalue weighted by Crippen LogP contribution is 2.12. The molecule has 0 saturated heterocycles. The van der Waals surface area contributed by atoms with Gasteiger partial charge in [0.15, 0.2) is 0 Å². The summed E-state index contributed by atoms with van der Waals surface area (Å²) in [5.74, 6) is -0.195. The summed E-state index contributed by atoms with van der Waals surface area (Å²) in [5.41, 5.74) is 5.78. The van der Waals surface area contributed by atoms with Crippen LogP contribution in [0.4, 0.5) is 0 Å². The maximum absolute atomic E-state index is 11.2. The Balaban J connectivity index is 2.34. The van der Waals surface area contributed by atoms with Gasteiger partial charge in [-0.1, -0.05) is 12.1 Å². The van der Waals surface area contributed by atoms with Crippen molar-refractivity contribution < 1.29 is 19.1 Å². The van der Waals surface area contributed by atoms with Gasteiger partial charge in [-0.15, -0.1) is 0 Å². The van der Waals surface area contributed by atoms with Crippen molar-refractivity contribution in [2.24, 2.45) is 5.73 Å². The van der Waals surface area contributed by atoms with Crippen LogP contribution in [0, 0.1) is 0 Å². The molecule has 17 heavy (non-hydrogen) atoms. The summed E-state index contributed by atoms with van der Waals surface area (Å²) < 4.78 is 9.97. The average molecular weight is 237 g/mol. The Labute approximate surface area is 99.5 Å². The predicted molar refractivity (Wildman–Crippen MR) is 61.2 cm³/mol. The summed E-state index contributed by atoms with van der Waals surface area (Å²) in [5, 5.41) is 0. The van der Waals surface area contributed by atoms with Crippen LogP contribution in [0.15, 0.2) is 24.3 Å². The molecule has 2 N–H and O–H groups in total. The first-order valence-electron chi connectivity index (χ1n) is 5.18. The average Bonchev–Trinajstić information content (AvgIpc) is 2.34. The lowest BCUT2D eigenvalue weighted by Crippen LogP contribution is -2.14. The molecule has 1 rings (SSSR count). The van der Waals surface area contributed by atoms with Crippen molar-refractivity contribution in [2.45, 2.75) is 19.4 Å². The van der Waals surface area contributed by atoms with Gasteiger partial charge < -0.3 is 15.2 Å². The van der Waals surface area contributed by atoms with E-state index < -0.39 is 11.9 Å². The van der Waals surface area contributed by atoms with Gasteiger partial charge in [0.25, 0.3) is 0 Å². The van der Waals surface area contributed by atoms with Crippen LogP contribution in [0.2, 0.25) is 0 Å². The van der Waals surface area contributed by atoms with Gasteiger partial charge in [-0.05, 0) is 17.7 Å². The van der Waals surface area contributed by atoms with Crippen LogP contribution in [0.1, 0.15) is 18.4 Å². The fraction of sp³-hybridized carbons (Fsp3) is 0.333. The fourth-order valence-corrected chi connectivity index (χ4v) is 1.18. The molecule has 0 unspecified atom stereocenters. The second-order valence-corrected chi connectivity index (χ2v) is 3.48. The van der Waals surface area contributed by atoms with E-state index in [0.29, 0.717) is 0 Å². The van der Waals surface area contributed by atoms with E-state index >= 15 is 0 Å². The first-order chi connectivity index (χ1) is 8.11. The highest BCUT2D eigenvalue weighted by Gasteiger charge is 2.05. The van der Waals surface area contributed by atoms with Crippen LogP contribution in [0.25, 0.3) is 0 Å². The number of hydrogen-bond acceptors (Lipinski definition) is 4. The number of primary amides is 1. The molecule has 1 aromatic carbocycles. The largest absolute Gasteiger partial charge is 0.497 e. The molecular weight excluding hydrogens is 222 g/mol. The Hall–Kier alpha value is -2.04. The van der Waals surface area contributed by atoms with Crippen molar-refractivity contribution in [1.82, 2.24) is 0 Å². The van der Waals surface area contributed by atoms with Crippen molar-refractivity contribution in [3.8, 4) is 5.75 Å². The number of ether oxygens (including phenoxy) is 2. The van der Waals surface area contributed by atoms with Gasteiger partial charge in [0.1, 0.15) is 12.4 Å². The maximum atomic E-state index is 11.2. The van der Waals surface area contributed by atoms with E-state index in [0.717, 1.165) is 11.3 Å². The molecule has 1 aromatic rings. The SMILES string of the molecule is COc1ccc(COC(=O)CCC(N)=O)cc1. The Morgan fingerprint density at radius 2 is 1.82 bits per heavy atom. The first kappa shape index (κ1) is 13.0. The van der Waals surface area contributed by atoms with Crippen molar-refractivity contribution in [3.05, 3.63) is 29.8 Å². The molecule has 0 aliphatic heterocycles. The zero-order valence-corrected chi connectivity index (χ0v) is 9.64. The summed E-state index contributed by atoms with van der Waals surface area (Å²) in [7, 11) is 1.58. The number of rotatable bonds is 6. The number of benzene rings is 1. The van der Waals surface area contributed by atoms with Crippen LogP contribution in [0.3, 0.4) is 0 Å². The Morgan fingerprint density at radius 1 is 1.18 bits per heavy atom. The highest BCUT2D eigenvalue weighted by atomic mass is 16.5. The summed E-state index contributed by atoms with van der Waals surface area (Å²) in [6, 6.07) is 7.18. The van der Waals surface area contributed by atoms with Crippen molar-refractivity contribution >= 4 is 11.9 Å². The molecule has 92 valence electrons.